The molecule has 1 N–H and O–H groups in total. The quantitative estimate of drug-likeness (QED) is 0.701. The molecule has 2 heteroatoms. The molecule has 0 radical (unpaired) electrons. The molecule has 0 saturated carbocycles. The third kappa shape index (κ3) is 4.32. The van der Waals surface area contributed by atoms with Crippen LogP contribution in [0.3, 0.4) is 0 Å². The van der Waals surface area contributed by atoms with Crippen molar-refractivity contribution in [3.8, 4) is 0 Å². The van der Waals surface area contributed by atoms with Crippen LogP contribution in [0.4, 0.5) is 5.82 Å². The standard InChI is InChI=1S/C9H12N2.2C2H6/c1-7-5-8-3-2-4-10-9(8)11-6-7;2*1-2/h5-6H,2-4H2,1H3,(H,10,11);2*1-2H3. The van der Waals surface area contributed by atoms with Gasteiger partial charge in [-0.05, 0) is 30.9 Å². The van der Waals surface area contributed by atoms with Crippen LogP contribution < -0.4 is 5.32 Å². The van der Waals surface area contributed by atoms with E-state index in [1.54, 1.807) is 0 Å². The topological polar surface area (TPSA) is 24.9 Å². The predicted molar refractivity (Wildman–Crippen MR) is 68.5 cm³/mol. The van der Waals surface area contributed by atoms with E-state index in [4.69, 9.17) is 0 Å². The van der Waals surface area contributed by atoms with Gasteiger partial charge in [-0.15, -0.1) is 0 Å². The summed E-state index contributed by atoms with van der Waals surface area (Å²) in [5.74, 6) is 1.09. The third-order valence-electron chi connectivity index (χ3n) is 2.02. The second-order valence-corrected chi connectivity index (χ2v) is 3.05. The Labute approximate surface area is 94.1 Å². The van der Waals surface area contributed by atoms with Crippen molar-refractivity contribution in [1.82, 2.24) is 4.98 Å². The molecular weight excluding hydrogens is 184 g/mol. The van der Waals surface area contributed by atoms with Crippen LogP contribution in [0.25, 0.3) is 0 Å². The van der Waals surface area contributed by atoms with Crippen molar-refractivity contribution in [3.05, 3.63) is 23.4 Å². The largest absolute Gasteiger partial charge is 0.370 e. The molecule has 15 heavy (non-hydrogen) atoms. The van der Waals surface area contributed by atoms with E-state index in [9.17, 15) is 0 Å². The fraction of sp³-hybridized carbons (Fsp3) is 0.615. The second kappa shape index (κ2) is 8.27. The van der Waals surface area contributed by atoms with Crippen molar-refractivity contribution in [2.45, 2.75) is 47.5 Å². The lowest BCUT2D eigenvalue weighted by Gasteiger charge is -2.16. The first-order valence-corrected chi connectivity index (χ1v) is 6.05. The van der Waals surface area contributed by atoms with E-state index in [1.165, 1.54) is 24.0 Å². The normalized spacial score (nSPS) is 12.1. The molecule has 1 aromatic rings. The molecule has 0 bridgehead atoms. The first kappa shape index (κ1) is 13.9. The van der Waals surface area contributed by atoms with Gasteiger partial charge in [-0.1, -0.05) is 33.8 Å². The lowest BCUT2D eigenvalue weighted by Crippen LogP contribution is -2.13. The Morgan fingerprint density at radius 3 is 2.53 bits per heavy atom. The van der Waals surface area contributed by atoms with Crippen LogP contribution in [0.15, 0.2) is 12.3 Å². The molecule has 0 atom stereocenters. The van der Waals surface area contributed by atoms with Crippen LogP contribution in [0.5, 0.6) is 0 Å². The summed E-state index contributed by atoms with van der Waals surface area (Å²) in [5.41, 5.74) is 2.63. The van der Waals surface area contributed by atoms with Crippen molar-refractivity contribution in [2.24, 2.45) is 0 Å². The Morgan fingerprint density at radius 2 is 1.87 bits per heavy atom. The van der Waals surface area contributed by atoms with Crippen molar-refractivity contribution >= 4 is 5.82 Å². The summed E-state index contributed by atoms with van der Waals surface area (Å²) in [5, 5.41) is 3.28. The summed E-state index contributed by atoms with van der Waals surface area (Å²) in [6, 6.07) is 2.22. The van der Waals surface area contributed by atoms with Crippen LogP contribution >= 0.6 is 0 Å². The SMILES string of the molecule is CC.CC.Cc1cnc2c(c1)CCCN2. The number of rotatable bonds is 0. The van der Waals surface area contributed by atoms with Crippen LogP contribution in [0.2, 0.25) is 0 Å². The van der Waals surface area contributed by atoms with E-state index in [1.807, 2.05) is 33.9 Å². The third-order valence-corrected chi connectivity index (χ3v) is 2.02. The van der Waals surface area contributed by atoms with Gasteiger partial charge in [0, 0.05) is 12.7 Å². The van der Waals surface area contributed by atoms with Gasteiger partial charge in [-0.25, -0.2) is 4.98 Å². The molecule has 0 saturated heterocycles. The Balaban J connectivity index is 0.000000442. The molecular formula is C13H24N2. The molecule has 0 unspecified atom stereocenters. The van der Waals surface area contributed by atoms with Gasteiger partial charge >= 0.3 is 0 Å². The molecule has 0 aliphatic carbocycles. The molecule has 0 spiro atoms. The summed E-state index contributed by atoms with van der Waals surface area (Å²) in [6.45, 7) is 11.2. The van der Waals surface area contributed by atoms with Crippen LogP contribution in [0.1, 0.15) is 45.2 Å². The van der Waals surface area contributed by atoms with Crippen LogP contribution in [0, 0.1) is 6.92 Å². The van der Waals surface area contributed by atoms with Gasteiger partial charge in [0.1, 0.15) is 5.82 Å². The van der Waals surface area contributed by atoms with Crippen molar-refractivity contribution in [3.63, 3.8) is 0 Å². The summed E-state index contributed by atoms with van der Waals surface area (Å²) in [6.07, 6.45) is 4.33. The highest BCUT2D eigenvalue weighted by molar-refractivity contribution is 5.47. The number of pyridine rings is 1. The van der Waals surface area contributed by atoms with Gasteiger partial charge in [0.25, 0.3) is 0 Å². The molecule has 86 valence electrons. The van der Waals surface area contributed by atoms with Gasteiger partial charge < -0.3 is 5.32 Å². The highest BCUT2D eigenvalue weighted by Crippen LogP contribution is 2.19. The maximum Gasteiger partial charge on any atom is 0.129 e. The smallest absolute Gasteiger partial charge is 0.129 e. The average Bonchev–Trinajstić information content (AvgIpc) is 2.34. The number of fused-ring (bicyclic) bond motifs is 1. The zero-order valence-electron chi connectivity index (χ0n) is 10.7. The minimum atomic E-state index is 1.07. The Bertz CT molecular complexity index is 269. The molecule has 1 aliphatic heterocycles. The number of hydrogen-bond acceptors (Lipinski definition) is 2. The summed E-state index contributed by atoms with van der Waals surface area (Å²) < 4.78 is 0. The minimum absolute atomic E-state index is 1.07. The number of nitrogens with one attached hydrogen (secondary N) is 1. The van der Waals surface area contributed by atoms with Gasteiger partial charge in [0.2, 0.25) is 0 Å². The molecule has 2 heterocycles. The highest BCUT2D eigenvalue weighted by atomic mass is 15.0. The van der Waals surface area contributed by atoms with Gasteiger partial charge in [-0.2, -0.15) is 0 Å². The predicted octanol–water partition coefficient (Wildman–Crippen LogP) is 3.80. The zero-order chi connectivity index (χ0) is 11.7. The van der Waals surface area contributed by atoms with E-state index in [2.05, 4.69) is 23.3 Å². The van der Waals surface area contributed by atoms with E-state index in [0.717, 1.165) is 12.4 Å². The van der Waals surface area contributed by atoms with Crippen LogP contribution in [-0.2, 0) is 6.42 Å². The lowest BCUT2D eigenvalue weighted by molar-refractivity contribution is 0.816. The zero-order valence-corrected chi connectivity index (χ0v) is 10.7. The highest BCUT2D eigenvalue weighted by Gasteiger charge is 2.08. The van der Waals surface area contributed by atoms with E-state index < -0.39 is 0 Å². The van der Waals surface area contributed by atoms with E-state index >= 15 is 0 Å². The number of aryl methyl sites for hydroxylation is 2. The number of nitrogens with zero attached hydrogens (tertiary/aromatic N) is 1. The Morgan fingerprint density at radius 1 is 1.20 bits per heavy atom. The molecule has 1 aliphatic rings. The lowest BCUT2D eigenvalue weighted by atomic mass is 10.1. The first-order chi connectivity index (χ1) is 7.36. The van der Waals surface area contributed by atoms with Crippen molar-refractivity contribution < 1.29 is 0 Å². The maximum absolute atomic E-state index is 4.31. The van der Waals surface area contributed by atoms with Crippen molar-refractivity contribution in [1.29, 1.82) is 0 Å². The molecule has 2 nitrogen and oxygen atoms in total. The van der Waals surface area contributed by atoms with E-state index in [-0.39, 0.29) is 0 Å². The minimum Gasteiger partial charge on any atom is -0.370 e. The number of anilines is 1. The van der Waals surface area contributed by atoms with Gasteiger partial charge in [0.15, 0.2) is 0 Å². The van der Waals surface area contributed by atoms with Crippen molar-refractivity contribution in [2.75, 3.05) is 11.9 Å². The molecule has 2 rings (SSSR count). The second-order valence-electron chi connectivity index (χ2n) is 3.05. The number of hydrogen-bond donors (Lipinski definition) is 1. The maximum atomic E-state index is 4.31. The van der Waals surface area contributed by atoms with Crippen LogP contribution in [-0.4, -0.2) is 11.5 Å². The molecule has 1 aromatic heterocycles. The number of aromatic nitrogens is 1. The molecule has 0 amide bonds. The fourth-order valence-electron chi connectivity index (χ4n) is 1.47. The summed E-state index contributed by atoms with van der Waals surface area (Å²) in [4.78, 5) is 4.31. The Kier molecular flexibility index (Phi) is 7.69. The summed E-state index contributed by atoms with van der Waals surface area (Å²) in [7, 11) is 0. The average molecular weight is 208 g/mol. The summed E-state index contributed by atoms with van der Waals surface area (Å²) >= 11 is 0. The fourth-order valence-corrected chi connectivity index (χ4v) is 1.47. The van der Waals surface area contributed by atoms with E-state index in [0.29, 0.717) is 0 Å². The monoisotopic (exact) mass is 208 g/mol. The van der Waals surface area contributed by atoms with Gasteiger partial charge in [0.05, 0.1) is 0 Å². The Hall–Kier alpha value is -1.05. The molecule has 0 fully saturated rings. The molecule has 0 aromatic carbocycles. The van der Waals surface area contributed by atoms with Gasteiger partial charge in [-0.3, -0.25) is 0 Å². The first-order valence-electron chi connectivity index (χ1n) is 6.05.